The molecule has 2 rings (SSSR count). The van der Waals surface area contributed by atoms with Crippen LogP contribution in [0.5, 0.6) is 11.5 Å². The molecular formula is C14H16BrNO2S. The lowest BCUT2D eigenvalue weighted by molar-refractivity contribution is 0.267. The van der Waals surface area contributed by atoms with E-state index < -0.39 is 0 Å². The van der Waals surface area contributed by atoms with Crippen molar-refractivity contribution in [2.75, 3.05) is 6.61 Å². The summed E-state index contributed by atoms with van der Waals surface area (Å²) in [6, 6.07) is 5.93. The summed E-state index contributed by atoms with van der Waals surface area (Å²) < 4.78 is 11.5. The molecule has 1 heterocycles. The third kappa shape index (κ3) is 3.70. The number of hydrogen-bond acceptors (Lipinski definition) is 4. The molecule has 0 radical (unpaired) electrons. The molecule has 0 spiro atoms. The molecule has 0 saturated carbocycles. The van der Waals surface area contributed by atoms with Gasteiger partial charge in [-0.05, 0) is 19.9 Å². The molecule has 0 bridgehead atoms. The van der Waals surface area contributed by atoms with E-state index in [4.69, 9.17) is 9.47 Å². The average molecular weight is 342 g/mol. The fraction of sp³-hybridized carbons (Fsp3) is 0.357. The number of halogens is 1. The van der Waals surface area contributed by atoms with Gasteiger partial charge in [0, 0.05) is 22.0 Å². The van der Waals surface area contributed by atoms with Crippen molar-refractivity contribution in [3.8, 4) is 11.5 Å². The third-order valence-corrected chi connectivity index (χ3v) is 4.06. The molecule has 0 atom stereocenters. The second-order valence-electron chi connectivity index (χ2n) is 3.98. The highest BCUT2D eigenvalue weighted by atomic mass is 79.9. The van der Waals surface area contributed by atoms with E-state index in [1.54, 1.807) is 11.3 Å². The lowest BCUT2D eigenvalue weighted by atomic mass is 10.2. The molecule has 102 valence electrons. The molecule has 0 aliphatic rings. The Labute approximate surface area is 125 Å². The molecule has 0 saturated heterocycles. The average Bonchev–Trinajstić information content (AvgIpc) is 2.83. The van der Waals surface area contributed by atoms with Gasteiger partial charge < -0.3 is 9.47 Å². The number of ether oxygens (including phenoxy) is 2. The van der Waals surface area contributed by atoms with E-state index in [1.807, 2.05) is 37.4 Å². The smallest absolute Gasteiger partial charge is 0.165 e. The number of thiazole rings is 1. The highest BCUT2D eigenvalue weighted by Gasteiger charge is 2.11. The molecule has 0 aliphatic heterocycles. The summed E-state index contributed by atoms with van der Waals surface area (Å²) in [5, 5.41) is 3.74. The van der Waals surface area contributed by atoms with Crippen molar-refractivity contribution in [1.29, 1.82) is 0 Å². The standard InChI is InChI=1S/C14H16BrNO2S/c1-3-17-12-6-4-5-11(7-15)14(12)18-8-13-16-10(2)9-19-13/h4-6,9H,3,7-8H2,1-2H3. The molecule has 19 heavy (non-hydrogen) atoms. The largest absolute Gasteiger partial charge is 0.490 e. The Morgan fingerprint density at radius 3 is 2.79 bits per heavy atom. The number of aromatic nitrogens is 1. The van der Waals surface area contributed by atoms with Crippen molar-refractivity contribution in [3.63, 3.8) is 0 Å². The van der Waals surface area contributed by atoms with Gasteiger partial charge >= 0.3 is 0 Å². The summed E-state index contributed by atoms with van der Waals surface area (Å²) >= 11 is 5.09. The van der Waals surface area contributed by atoms with Crippen molar-refractivity contribution in [1.82, 2.24) is 4.98 Å². The predicted octanol–water partition coefficient (Wildman–Crippen LogP) is 4.32. The summed E-state index contributed by atoms with van der Waals surface area (Å²) in [6.45, 7) is 5.05. The van der Waals surface area contributed by atoms with Crippen LogP contribution >= 0.6 is 27.3 Å². The Hall–Kier alpha value is -1.07. The Morgan fingerprint density at radius 1 is 1.32 bits per heavy atom. The van der Waals surface area contributed by atoms with Gasteiger partial charge in [-0.15, -0.1) is 11.3 Å². The van der Waals surface area contributed by atoms with Crippen LogP contribution in [0.1, 0.15) is 23.2 Å². The Balaban J connectivity index is 2.17. The zero-order chi connectivity index (χ0) is 13.7. The summed E-state index contributed by atoms with van der Waals surface area (Å²) in [4.78, 5) is 4.40. The minimum Gasteiger partial charge on any atom is -0.490 e. The van der Waals surface area contributed by atoms with Gasteiger partial charge in [0.2, 0.25) is 0 Å². The molecule has 1 aromatic heterocycles. The summed E-state index contributed by atoms with van der Waals surface area (Å²) in [5.74, 6) is 1.59. The fourth-order valence-corrected chi connectivity index (χ4v) is 2.83. The van der Waals surface area contributed by atoms with E-state index in [1.165, 1.54) is 0 Å². The van der Waals surface area contributed by atoms with Crippen LogP contribution in [0.25, 0.3) is 0 Å². The molecule has 0 unspecified atom stereocenters. The zero-order valence-electron chi connectivity index (χ0n) is 11.0. The molecular weight excluding hydrogens is 326 g/mol. The third-order valence-electron chi connectivity index (χ3n) is 2.51. The highest BCUT2D eigenvalue weighted by molar-refractivity contribution is 9.08. The van der Waals surface area contributed by atoms with Crippen LogP contribution in [-0.4, -0.2) is 11.6 Å². The van der Waals surface area contributed by atoms with E-state index in [0.29, 0.717) is 13.2 Å². The van der Waals surface area contributed by atoms with Gasteiger partial charge in [0.1, 0.15) is 11.6 Å². The van der Waals surface area contributed by atoms with Crippen LogP contribution in [0.2, 0.25) is 0 Å². The van der Waals surface area contributed by atoms with Crippen LogP contribution in [0.4, 0.5) is 0 Å². The van der Waals surface area contributed by atoms with Gasteiger partial charge in [-0.2, -0.15) is 0 Å². The van der Waals surface area contributed by atoms with Gasteiger partial charge in [0.15, 0.2) is 11.5 Å². The van der Waals surface area contributed by atoms with Crippen LogP contribution in [0, 0.1) is 6.92 Å². The molecule has 0 aliphatic carbocycles. The van der Waals surface area contributed by atoms with Crippen LogP contribution in [0.15, 0.2) is 23.6 Å². The molecule has 5 heteroatoms. The minimum atomic E-state index is 0.475. The second kappa shape index (κ2) is 6.91. The lowest BCUT2D eigenvalue weighted by Crippen LogP contribution is -2.01. The minimum absolute atomic E-state index is 0.475. The monoisotopic (exact) mass is 341 g/mol. The van der Waals surface area contributed by atoms with E-state index in [9.17, 15) is 0 Å². The normalized spacial score (nSPS) is 10.5. The van der Waals surface area contributed by atoms with Gasteiger partial charge in [0.25, 0.3) is 0 Å². The maximum Gasteiger partial charge on any atom is 0.165 e. The Bertz CT molecular complexity index is 542. The first-order valence-electron chi connectivity index (χ1n) is 6.09. The van der Waals surface area contributed by atoms with Gasteiger partial charge in [-0.1, -0.05) is 28.1 Å². The first-order valence-corrected chi connectivity index (χ1v) is 8.09. The van der Waals surface area contributed by atoms with Gasteiger partial charge in [0.05, 0.1) is 6.61 Å². The van der Waals surface area contributed by atoms with E-state index in [2.05, 4.69) is 20.9 Å². The quantitative estimate of drug-likeness (QED) is 0.733. The summed E-state index contributed by atoms with van der Waals surface area (Å²) in [7, 11) is 0. The van der Waals surface area contributed by atoms with Crippen LogP contribution in [0.3, 0.4) is 0 Å². The van der Waals surface area contributed by atoms with Crippen molar-refractivity contribution >= 4 is 27.3 Å². The fourth-order valence-electron chi connectivity index (χ4n) is 1.70. The zero-order valence-corrected chi connectivity index (χ0v) is 13.4. The molecule has 0 N–H and O–H groups in total. The Morgan fingerprint density at radius 2 is 2.16 bits per heavy atom. The maximum atomic E-state index is 5.90. The van der Waals surface area contributed by atoms with E-state index >= 15 is 0 Å². The molecule has 2 aromatic rings. The van der Waals surface area contributed by atoms with Crippen molar-refractivity contribution < 1.29 is 9.47 Å². The highest BCUT2D eigenvalue weighted by Crippen LogP contribution is 2.33. The molecule has 3 nitrogen and oxygen atoms in total. The predicted molar refractivity (Wildman–Crippen MR) is 81.4 cm³/mol. The van der Waals surface area contributed by atoms with Gasteiger partial charge in [-0.3, -0.25) is 0 Å². The number of rotatable bonds is 6. The number of alkyl halides is 1. The number of aryl methyl sites for hydroxylation is 1. The molecule has 1 aromatic carbocycles. The van der Waals surface area contributed by atoms with Gasteiger partial charge in [-0.25, -0.2) is 4.98 Å². The number of hydrogen-bond donors (Lipinski definition) is 0. The SMILES string of the molecule is CCOc1cccc(CBr)c1OCc1nc(C)cs1. The maximum absolute atomic E-state index is 5.90. The van der Waals surface area contributed by atoms with Crippen LogP contribution in [-0.2, 0) is 11.9 Å². The van der Waals surface area contributed by atoms with Crippen molar-refractivity contribution in [2.24, 2.45) is 0 Å². The second-order valence-corrected chi connectivity index (χ2v) is 5.49. The van der Waals surface area contributed by atoms with E-state index in [0.717, 1.165) is 33.1 Å². The van der Waals surface area contributed by atoms with Crippen LogP contribution < -0.4 is 9.47 Å². The molecule has 0 fully saturated rings. The Kier molecular flexibility index (Phi) is 5.22. The summed E-state index contributed by atoms with van der Waals surface area (Å²) in [6.07, 6.45) is 0. The van der Waals surface area contributed by atoms with Crippen molar-refractivity contribution in [3.05, 3.63) is 39.8 Å². The lowest BCUT2D eigenvalue weighted by Gasteiger charge is -2.14. The number of nitrogens with zero attached hydrogens (tertiary/aromatic N) is 1. The first kappa shape index (κ1) is 14.3. The number of para-hydroxylation sites is 1. The number of benzene rings is 1. The first-order chi connectivity index (χ1) is 9.24. The van der Waals surface area contributed by atoms with Crippen molar-refractivity contribution in [2.45, 2.75) is 25.8 Å². The molecule has 0 amide bonds. The van der Waals surface area contributed by atoms with E-state index in [-0.39, 0.29) is 0 Å². The summed E-state index contributed by atoms with van der Waals surface area (Å²) in [5.41, 5.74) is 2.11. The topological polar surface area (TPSA) is 31.4 Å².